The molecule has 104 valence electrons. The first-order valence-corrected chi connectivity index (χ1v) is 7.83. The van der Waals surface area contributed by atoms with Gasteiger partial charge in [0.1, 0.15) is 0 Å². The zero-order chi connectivity index (χ0) is 13.2. The molecule has 3 rings (SSSR count). The molecule has 2 atom stereocenters. The largest absolute Gasteiger partial charge is 0.316 e. The summed E-state index contributed by atoms with van der Waals surface area (Å²) in [6.45, 7) is 2.30. The van der Waals surface area contributed by atoms with Crippen molar-refractivity contribution >= 4 is 5.57 Å². The van der Waals surface area contributed by atoms with Gasteiger partial charge in [0.25, 0.3) is 0 Å². The molecular formula is C18H27N. The SMILES string of the molecule is CCC[C@@H]1c2cc(C3=CCCC3)ccc2C[C@@H]1NC.[HH]. The van der Waals surface area contributed by atoms with Crippen molar-refractivity contribution in [3.63, 3.8) is 0 Å². The molecule has 0 radical (unpaired) electrons. The van der Waals surface area contributed by atoms with E-state index in [-0.39, 0.29) is 1.43 Å². The highest BCUT2D eigenvalue weighted by Gasteiger charge is 2.30. The third kappa shape index (κ3) is 2.36. The molecule has 0 amide bonds. The first-order chi connectivity index (χ1) is 9.33. The minimum absolute atomic E-state index is 0. The van der Waals surface area contributed by atoms with Gasteiger partial charge in [0, 0.05) is 7.47 Å². The van der Waals surface area contributed by atoms with Crippen molar-refractivity contribution < 1.29 is 1.43 Å². The van der Waals surface area contributed by atoms with Gasteiger partial charge in [-0.05, 0) is 67.3 Å². The van der Waals surface area contributed by atoms with E-state index in [9.17, 15) is 0 Å². The Morgan fingerprint density at radius 3 is 2.95 bits per heavy atom. The van der Waals surface area contributed by atoms with Crippen LogP contribution in [0.3, 0.4) is 0 Å². The Kier molecular flexibility index (Phi) is 3.74. The first-order valence-electron chi connectivity index (χ1n) is 7.83. The molecule has 0 aliphatic heterocycles. The van der Waals surface area contributed by atoms with Gasteiger partial charge in [-0.2, -0.15) is 0 Å². The van der Waals surface area contributed by atoms with Gasteiger partial charge >= 0.3 is 0 Å². The van der Waals surface area contributed by atoms with Gasteiger partial charge in [-0.3, -0.25) is 0 Å². The van der Waals surface area contributed by atoms with E-state index >= 15 is 0 Å². The number of hydrogen-bond donors (Lipinski definition) is 1. The van der Waals surface area contributed by atoms with Crippen LogP contribution in [0, 0.1) is 0 Å². The molecule has 0 bridgehead atoms. The molecule has 0 aromatic heterocycles. The summed E-state index contributed by atoms with van der Waals surface area (Å²) in [5.74, 6) is 0.715. The molecule has 1 N–H and O–H groups in total. The highest BCUT2D eigenvalue weighted by molar-refractivity contribution is 5.68. The van der Waals surface area contributed by atoms with Crippen LogP contribution in [0.5, 0.6) is 0 Å². The Labute approximate surface area is 118 Å². The summed E-state index contributed by atoms with van der Waals surface area (Å²) < 4.78 is 0. The maximum absolute atomic E-state index is 3.52. The molecule has 0 fully saturated rings. The average Bonchev–Trinajstić information content (AvgIpc) is 3.06. The first kappa shape index (κ1) is 12.9. The predicted octanol–water partition coefficient (Wildman–Crippen LogP) is 4.53. The predicted molar refractivity (Wildman–Crippen MR) is 84.6 cm³/mol. The van der Waals surface area contributed by atoms with Gasteiger partial charge in [0.05, 0.1) is 0 Å². The normalized spacial score (nSPS) is 25.5. The van der Waals surface area contributed by atoms with E-state index in [4.69, 9.17) is 0 Å². The summed E-state index contributed by atoms with van der Waals surface area (Å²) >= 11 is 0. The van der Waals surface area contributed by atoms with Crippen LogP contribution in [0.2, 0.25) is 0 Å². The minimum atomic E-state index is 0. The summed E-state index contributed by atoms with van der Waals surface area (Å²) in [7, 11) is 2.11. The molecule has 0 saturated heterocycles. The molecule has 0 saturated carbocycles. The van der Waals surface area contributed by atoms with E-state index in [0.717, 1.165) is 0 Å². The Bertz CT molecular complexity index is 492. The Morgan fingerprint density at radius 1 is 1.37 bits per heavy atom. The molecular weight excluding hydrogens is 230 g/mol. The fourth-order valence-corrected chi connectivity index (χ4v) is 3.83. The second-order valence-corrected chi connectivity index (χ2v) is 6.03. The fourth-order valence-electron chi connectivity index (χ4n) is 3.83. The maximum atomic E-state index is 3.52. The Balaban J connectivity index is 0.00000147. The zero-order valence-electron chi connectivity index (χ0n) is 12.2. The number of nitrogens with one attached hydrogen (secondary N) is 1. The van der Waals surface area contributed by atoms with Crippen molar-refractivity contribution in [2.75, 3.05) is 7.05 Å². The fraction of sp³-hybridized carbons (Fsp3) is 0.556. The number of rotatable bonds is 4. The molecule has 1 aromatic carbocycles. The van der Waals surface area contributed by atoms with Crippen molar-refractivity contribution in [2.24, 2.45) is 0 Å². The van der Waals surface area contributed by atoms with Crippen LogP contribution in [0.1, 0.15) is 63.1 Å². The van der Waals surface area contributed by atoms with Crippen molar-refractivity contribution in [1.82, 2.24) is 5.32 Å². The molecule has 0 spiro atoms. The number of hydrogen-bond acceptors (Lipinski definition) is 1. The molecule has 1 nitrogen and oxygen atoms in total. The Morgan fingerprint density at radius 2 is 2.26 bits per heavy atom. The van der Waals surface area contributed by atoms with Crippen molar-refractivity contribution in [2.45, 2.75) is 57.4 Å². The van der Waals surface area contributed by atoms with Gasteiger partial charge in [0.2, 0.25) is 0 Å². The van der Waals surface area contributed by atoms with Gasteiger partial charge in [0.15, 0.2) is 0 Å². The van der Waals surface area contributed by atoms with Crippen molar-refractivity contribution in [3.8, 4) is 0 Å². The molecule has 0 unspecified atom stereocenters. The van der Waals surface area contributed by atoms with E-state index in [0.29, 0.717) is 12.0 Å². The van der Waals surface area contributed by atoms with E-state index in [1.165, 1.54) is 44.1 Å². The third-order valence-electron chi connectivity index (χ3n) is 4.85. The number of allylic oxidation sites excluding steroid dienone is 2. The third-order valence-corrected chi connectivity index (χ3v) is 4.85. The number of likely N-dealkylation sites (N-methyl/N-ethyl adjacent to an activating group) is 1. The molecule has 19 heavy (non-hydrogen) atoms. The highest BCUT2D eigenvalue weighted by Crippen LogP contribution is 2.39. The van der Waals surface area contributed by atoms with Gasteiger partial charge in [-0.25, -0.2) is 0 Å². The van der Waals surface area contributed by atoms with Gasteiger partial charge in [-0.15, -0.1) is 0 Å². The smallest absolute Gasteiger partial charge is 0.0173 e. The van der Waals surface area contributed by atoms with Crippen LogP contribution >= 0.6 is 0 Å². The van der Waals surface area contributed by atoms with Crippen LogP contribution in [-0.4, -0.2) is 13.1 Å². The lowest BCUT2D eigenvalue weighted by Gasteiger charge is -2.19. The van der Waals surface area contributed by atoms with Crippen LogP contribution in [0.15, 0.2) is 24.3 Å². The lowest BCUT2D eigenvalue weighted by molar-refractivity contribution is 0.466. The molecule has 2 aliphatic carbocycles. The number of fused-ring (bicyclic) bond motifs is 1. The summed E-state index contributed by atoms with van der Waals surface area (Å²) in [6.07, 6.45) is 10.1. The van der Waals surface area contributed by atoms with Crippen LogP contribution in [-0.2, 0) is 6.42 Å². The molecule has 2 aliphatic rings. The van der Waals surface area contributed by atoms with E-state index in [2.05, 4.69) is 43.6 Å². The summed E-state index contributed by atoms with van der Waals surface area (Å²) in [5.41, 5.74) is 6.24. The summed E-state index contributed by atoms with van der Waals surface area (Å²) in [6, 6.07) is 7.85. The standard InChI is InChI=1S/C18H25N.H2/c1-3-6-16-17-11-14(13-7-4-5-8-13)9-10-15(17)12-18(16)19-2;/h7,9-11,16,18-19H,3-6,8,12H2,1-2H3;1H/t16-,18+;/m1./s1. The second-order valence-electron chi connectivity index (χ2n) is 6.03. The minimum Gasteiger partial charge on any atom is -0.316 e. The molecule has 1 aromatic rings. The summed E-state index contributed by atoms with van der Waals surface area (Å²) in [5, 5.41) is 3.52. The average molecular weight is 257 g/mol. The van der Waals surface area contributed by atoms with E-state index < -0.39 is 0 Å². The van der Waals surface area contributed by atoms with Crippen molar-refractivity contribution in [1.29, 1.82) is 0 Å². The Hall–Kier alpha value is -1.08. The summed E-state index contributed by atoms with van der Waals surface area (Å²) in [4.78, 5) is 0. The lowest BCUT2D eigenvalue weighted by Crippen LogP contribution is -2.29. The lowest BCUT2D eigenvalue weighted by atomic mass is 9.91. The monoisotopic (exact) mass is 257 g/mol. The van der Waals surface area contributed by atoms with E-state index in [1.807, 2.05) is 0 Å². The van der Waals surface area contributed by atoms with Crippen molar-refractivity contribution in [3.05, 3.63) is 41.0 Å². The maximum Gasteiger partial charge on any atom is 0.0173 e. The molecule has 0 heterocycles. The van der Waals surface area contributed by atoms with Gasteiger partial charge < -0.3 is 5.32 Å². The van der Waals surface area contributed by atoms with Gasteiger partial charge in [-0.1, -0.05) is 37.6 Å². The van der Waals surface area contributed by atoms with Crippen LogP contribution in [0.4, 0.5) is 0 Å². The number of benzene rings is 1. The van der Waals surface area contributed by atoms with Crippen LogP contribution < -0.4 is 5.32 Å². The molecule has 1 heteroatoms. The van der Waals surface area contributed by atoms with Crippen LogP contribution in [0.25, 0.3) is 5.57 Å². The topological polar surface area (TPSA) is 12.0 Å². The van der Waals surface area contributed by atoms with E-state index in [1.54, 1.807) is 16.7 Å². The quantitative estimate of drug-likeness (QED) is 0.835. The second kappa shape index (κ2) is 5.50. The zero-order valence-corrected chi connectivity index (χ0v) is 12.2. The highest BCUT2D eigenvalue weighted by atomic mass is 14.9.